The molecule has 4 heteroatoms. The lowest BCUT2D eigenvalue weighted by Crippen LogP contribution is -2.13. The fraction of sp³-hybridized carbons (Fsp3) is 0.323. The SMILES string of the molecule is CCCC[N+](=CCOCCCCCc1ccc(-c2ccc(C#N)cc2)cc1)c1ccc(C#N)cc1. The zero-order valence-corrected chi connectivity index (χ0v) is 20.6. The Morgan fingerprint density at radius 1 is 0.743 bits per heavy atom. The molecule has 3 aromatic carbocycles. The van der Waals surface area contributed by atoms with Crippen LogP contribution in [0.25, 0.3) is 11.1 Å². The van der Waals surface area contributed by atoms with Gasteiger partial charge < -0.3 is 4.74 Å². The van der Waals surface area contributed by atoms with Gasteiger partial charge >= 0.3 is 0 Å². The second-order valence-corrected chi connectivity index (χ2v) is 8.66. The van der Waals surface area contributed by atoms with E-state index in [0.29, 0.717) is 17.7 Å². The molecule has 35 heavy (non-hydrogen) atoms. The average molecular weight is 465 g/mol. The van der Waals surface area contributed by atoms with Crippen LogP contribution in [-0.4, -0.2) is 30.5 Å². The minimum Gasteiger partial charge on any atom is -0.371 e. The highest BCUT2D eigenvalue weighted by molar-refractivity contribution is 5.64. The molecule has 0 aromatic heterocycles. The van der Waals surface area contributed by atoms with Gasteiger partial charge in [-0.3, -0.25) is 0 Å². The maximum absolute atomic E-state index is 9.00. The summed E-state index contributed by atoms with van der Waals surface area (Å²) < 4.78 is 8.10. The van der Waals surface area contributed by atoms with Crippen molar-refractivity contribution in [2.24, 2.45) is 0 Å². The lowest BCUT2D eigenvalue weighted by Gasteiger charge is -2.06. The summed E-state index contributed by atoms with van der Waals surface area (Å²) in [6, 6.07) is 28.5. The van der Waals surface area contributed by atoms with Gasteiger partial charge in [-0.15, -0.1) is 0 Å². The highest BCUT2D eigenvalue weighted by atomic mass is 16.5. The quantitative estimate of drug-likeness (QED) is 0.155. The molecule has 0 fully saturated rings. The van der Waals surface area contributed by atoms with Crippen LogP contribution in [0.1, 0.15) is 55.7 Å². The number of ether oxygens (including phenoxy) is 1. The van der Waals surface area contributed by atoms with Gasteiger partial charge in [0.2, 0.25) is 5.69 Å². The van der Waals surface area contributed by atoms with Crippen molar-refractivity contribution in [3.8, 4) is 23.3 Å². The van der Waals surface area contributed by atoms with E-state index in [1.54, 1.807) is 0 Å². The Morgan fingerprint density at radius 3 is 1.94 bits per heavy atom. The molecule has 0 aliphatic heterocycles. The molecule has 3 aromatic rings. The lowest BCUT2D eigenvalue weighted by atomic mass is 10.0. The molecular formula is C31H34N3O+. The molecule has 0 atom stereocenters. The van der Waals surface area contributed by atoms with Crippen molar-refractivity contribution in [2.75, 3.05) is 19.8 Å². The van der Waals surface area contributed by atoms with Gasteiger partial charge in [0.25, 0.3) is 0 Å². The van der Waals surface area contributed by atoms with Crippen molar-refractivity contribution in [1.82, 2.24) is 0 Å². The first-order valence-electron chi connectivity index (χ1n) is 12.5. The molecule has 0 spiro atoms. The van der Waals surface area contributed by atoms with Crippen LogP contribution in [0.15, 0.2) is 72.8 Å². The van der Waals surface area contributed by atoms with Gasteiger partial charge in [0, 0.05) is 25.2 Å². The van der Waals surface area contributed by atoms with Gasteiger partial charge in [0.15, 0.2) is 6.21 Å². The highest BCUT2D eigenvalue weighted by Gasteiger charge is 2.08. The molecule has 0 amide bonds. The van der Waals surface area contributed by atoms with E-state index in [0.717, 1.165) is 62.9 Å². The number of nitriles is 2. The number of aryl methyl sites for hydroxylation is 1. The minimum atomic E-state index is 0.598. The normalized spacial score (nSPS) is 11.1. The van der Waals surface area contributed by atoms with Crippen molar-refractivity contribution >= 4 is 11.9 Å². The number of hydrogen-bond acceptors (Lipinski definition) is 3. The first kappa shape index (κ1) is 25.9. The Kier molecular flexibility index (Phi) is 10.7. The first-order valence-corrected chi connectivity index (χ1v) is 12.5. The maximum atomic E-state index is 9.00. The molecule has 0 unspecified atom stereocenters. The predicted octanol–water partition coefficient (Wildman–Crippen LogP) is 7.04. The number of rotatable bonds is 13. The molecule has 0 N–H and O–H groups in total. The number of hydrogen-bond donors (Lipinski definition) is 0. The van der Waals surface area contributed by atoms with E-state index >= 15 is 0 Å². The van der Waals surface area contributed by atoms with Crippen LogP contribution in [0.5, 0.6) is 0 Å². The molecule has 0 bridgehead atoms. The minimum absolute atomic E-state index is 0.598. The van der Waals surface area contributed by atoms with Gasteiger partial charge in [-0.05, 0) is 60.2 Å². The van der Waals surface area contributed by atoms with Crippen LogP contribution >= 0.6 is 0 Å². The summed E-state index contributed by atoms with van der Waals surface area (Å²) in [4.78, 5) is 0. The summed E-state index contributed by atoms with van der Waals surface area (Å²) >= 11 is 0. The molecule has 0 aliphatic carbocycles. The van der Waals surface area contributed by atoms with Crippen molar-refractivity contribution in [2.45, 2.75) is 45.4 Å². The topological polar surface area (TPSA) is 59.8 Å². The van der Waals surface area contributed by atoms with Gasteiger partial charge in [-0.25, -0.2) is 4.58 Å². The van der Waals surface area contributed by atoms with Crippen LogP contribution in [-0.2, 0) is 11.2 Å². The van der Waals surface area contributed by atoms with Crippen molar-refractivity contribution < 1.29 is 9.31 Å². The number of benzene rings is 3. The summed E-state index contributed by atoms with van der Waals surface area (Å²) in [5.74, 6) is 0. The molecule has 0 saturated heterocycles. The lowest BCUT2D eigenvalue weighted by molar-refractivity contribution is -0.438. The van der Waals surface area contributed by atoms with Crippen LogP contribution < -0.4 is 0 Å². The Balaban J connectivity index is 1.36. The Labute approximate surface area is 209 Å². The largest absolute Gasteiger partial charge is 0.371 e. The third-order valence-electron chi connectivity index (χ3n) is 6.05. The van der Waals surface area contributed by atoms with Crippen LogP contribution in [0.2, 0.25) is 0 Å². The summed E-state index contributed by atoms with van der Waals surface area (Å²) in [5.41, 5.74) is 6.14. The third kappa shape index (κ3) is 8.53. The van der Waals surface area contributed by atoms with Crippen LogP contribution in [0.4, 0.5) is 5.69 Å². The summed E-state index contributed by atoms with van der Waals surface area (Å²) in [7, 11) is 0. The number of nitrogens with zero attached hydrogens (tertiary/aromatic N) is 3. The van der Waals surface area contributed by atoms with E-state index in [2.05, 4.69) is 54.1 Å². The first-order chi connectivity index (χ1) is 17.2. The zero-order chi connectivity index (χ0) is 24.7. The fourth-order valence-electron chi connectivity index (χ4n) is 3.92. The molecule has 0 aliphatic rings. The summed E-state index contributed by atoms with van der Waals surface area (Å²) in [6.07, 6.45) is 8.80. The van der Waals surface area contributed by atoms with E-state index in [1.807, 2.05) is 48.5 Å². The second kappa shape index (κ2) is 14.5. The van der Waals surface area contributed by atoms with E-state index in [1.165, 1.54) is 11.1 Å². The Hall–Kier alpha value is -3.73. The zero-order valence-electron chi connectivity index (χ0n) is 20.6. The Morgan fingerprint density at radius 2 is 1.34 bits per heavy atom. The smallest absolute Gasteiger partial charge is 0.205 e. The van der Waals surface area contributed by atoms with Crippen molar-refractivity contribution in [3.63, 3.8) is 0 Å². The van der Waals surface area contributed by atoms with Gasteiger partial charge in [0.05, 0.1) is 23.3 Å². The predicted molar refractivity (Wildman–Crippen MR) is 142 cm³/mol. The van der Waals surface area contributed by atoms with Crippen molar-refractivity contribution in [1.29, 1.82) is 10.5 Å². The Bertz CT molecular complexity index is 1150. The second-order valence-electron chi connectivity index (χ2n) is 8.66. The van der Waals surface area contributed by atoms with Crippen LogP contribution in [0.3, 0.4) is 0 Å². The van der Waals surface area contributed by atoms with E-state index < -0.39 is 0 Å². The molecule has 3 rings (SSSR count). The van der Waals surface area contributed by atoms with E-state index in [4.69, 9.17) is 15.3 Å². The standard InChI is InChI=1S/C31H34N3O/c1-2-3-20-34(31-18-12-28(25-33)13-19-31)21-23-35-22-6-4-5-7-26-8-14-29(15-9-26)30-16-10-27(24-32)11-17-30/h8-19,21H,2-7,20,22-23H2,1H3/q+1. The molecule has 0 radical (unpaired) electrons. The summed E-state index contributed by atoms with van der Waals surface area (Å²) in [5, 5.41) is 17.9. The van der Waals surface area contributed by atoms with Crippen molar-refractivity contribution in [3.05, 3.63) is 89.5 Å². The summed E-state index contributed by atoms with van der Waals surface area (Å²) in [6.45, 7) is 4.51. The maximum Gasteiger partial charge on any atom is 0.205 e. The number of unbranched alkanes of at least 4 members (excludes halogenated alkanes) is 3. The van der Waals surface area contributed by atoms with E-state index in [9.17, 15) is 0 Å². The molecule has 4 nitrogen and oxygen atoms in total. The monoisotopic (exact) mass is 464 g/mol. The average Bonchev–Trinajstić information content (AvgIpc) is 2.92. The van der Waals surface area contributed by atoms with Gasteiger partial charge in [-0.1, -0.05) is 56.2 Å². The highest BCUT2D eigenvalue weighted by Crippen LogP contribution is 2.21. The van der Waals surface area contributed by atoms with Gasteiger partial charge in [-0.2, -0.15) is 10.5 Å². The molecular weight excluding hydrogens is 430 g/mol. The molecule has 178 valence electrons. The van der Waals surface area contributed by atoms with Crippen LogP contribution in [0, 0.1) is 22.7 Å². The molecule has 0 heterocycles. The third-order valence-corrected chi connectivity index (χ3v) is 6.05. The molecule has 0 saturated carbocycles. The van der Waals surface area contributed by atoms with E-state index in [-0.39, 0.29) is 0 Å². The fourth-order valence-corrected chi connectivity index (χ4v) is 3.92. The van der Waals surface area contributed by atoms with Gasteiger partial charge in [0.1, 0.15) is 13.2 Å².